The van der Waals surface area contributed by atoms with Crippen molar-refractivity contribution >= 4 is 10.8 Å². The monoisotopic (exact) mass is 284 g/mol. The second-order valence-corrected chi connectivity index (χ2v) is 6.05. The molecule has 3 unspecified atom stereocenters. The Bertz CT molecular complexity index is 640. The summed E-state index contributed by atoms with van der Waals surface area (Å²) in [6.45, 7) is 2.71. The smallest absolute Gasteiger partial charge is 0.107 e. The van der Waals surface area contributed by atoms with Crippen molar-refractivity contribution < 1.29 is 9.84 Å². The molecule has 2 aliphatic rings. The van der Waals surface area contributed by atoms with Crippen LogP contribution in [0.1, 0.15) is 24.5 Å². The predicted octanol–water partition coefficient (Wildman–Crippen LogP) is 2.13. The first kappa shape index (κ1) is 13.2. The number of ether oxygens (including phenoxy) is 1. The van der Waals surface area contributed by atoms with Crippen LogP contribution in [-0.4, -0.2) is 46.8 Å². The number of aliphatic hydroxyl groups excluding tert-OH is 1. The van der Waals surface area contributed by atoms with Crippen LogP contribution in [0.2, 0.25) is 0 Å². The molecule has 110 valence electrons. The van der Waals surface area contributed by atoms with Gasteiger partial charge < -0.3 is 9.84 Å². The maximum Gasteiger partial charge on any atom is 0.107 e. The Hall–Kier alpha value is -1.49. The molecule has 2 aromatic rings. The van der Waals surface area contributed by atoms with Crippen LogP contribution in [-0.2, 0) is 4.74 Å². The zero-order chi connectivity index (χ0) is 14.2. The van der Waals surface area contributed by atoms with Crippen LogP contribution in [0.5, 0.6) is 0 Å². The van der Waals surface area contributed by atoms with Gasteiger partial charge in [0.25, 0.3) is 0 Å². The number of aliphatic hydroxyl groups is 1. The summed E-state index contributed by atoms with van der Waals surface area (Å²) in [5, 5.41) is 12.9. The van der Waals surface area contributed by atoms with Gasteiger partial charge in [0.1, 0.15) is 12.2 Å². The first-order valence-corrected chi connectivity index (χ1v) is 7.69. The van der Waals surface area contributed by atoms with Gasteiger partial charge in [0.05, 0.1) is 6.61 Å². The second-order valence-electron chi connectivity index (χ2n) is 6.05. The van der Waals surface area contributed by atoms with Crippen molar-refractivity contribution in [3.05, 3.63) is 42.2 Å². The predicted molar refractivity (Wildman–Crippen MR) is 81.0 cm³/mol. The van der Waals surface area contributed by atoms with Crippen molar-refractivity contribution in [2.45, 2.75) is 31.1 Å². The van der Waals surface area contributed by atoms with Crippen molar-refractivity contribution in [3.8, 4) is 0 Å². The molecule has 4 heteroatoms. The van der Waals surface area contributed by atoms with Gasteiger partial charge in [-0.1, -0.05) is 18.2 Å². The fourth-order valence-electron chi connectivity index (χ4n) is 3.64. The molecule has 2 aliphatic heterocycles. The molecular weight excluding hydrogens is 264 g/mol. The number of fused-ring (bicyclic) bond motifs is 2. The Morgan fingerprint density at radius 1 is 1.33 bits per heavy atom. The minimum Gasteiger partial charge on any atom is -0.386 e. The molecule has 2 fully saturated rings. The highest BCUT2D eigenvalue weighted by atomic mass is 16.5. The van der Waals surface area contributed by atoms with E-state index in [0.717, 1.165) is 36.0 Å². The molecule has 0 saturated carbocycles. The summed E-state index contributed by atoms with van der Waals surface area (Å²) in [5.41, 5.74) is 0.942. The summed E-state index contributed by atoms with van der Waals surface area (Å²) in [7, 11) is 0. The highest BCUT2D eigenvalue weighted by Crippen LogP contribution is 2.31. The number of morpholine rings is 1. The van der Waals surface area contributed by atoms with E-state index >= 15 is 0 Å². The molecular formula is C17H20N2O2. The summed E-state index contributed by atoms with van der Waals surface area (Å²) >= 11 is 0. The van der Waals surface area contributed by atoms with Crippen LogP contribution in [0, 0.1) is 0 Å². The molecule has 3 atom stereocenters. The topological polar surface area (TPSA) is 45.6 Å². The number of benzene rings is 1. The average molecular weight is 284 g/mol. The average Bonchev–Trinajstić information content (AvgIpc) is 3.01. The van der Waals surface area contributed by atoms with E-state index in [-0.39, 0.29) is 6.10 Å². The Morgan fingerprint density at radius 2 is 2.29 bits per heavy atom. The summed E-state index contributed by atoms with van der Waals surface area (Å²) in [4.78, 5) is 6.61. The molecule has 4 nitrogen and oxygen atoms in total. The lowest BCUT2D eigenvalue weighted by Crippen LogP contribution is -2.48. The van der Waals surface area contributed by atoms with Gasteiger partial charge in [-0.05, 0) is 36.4 Å². The third kappa shape index (κ3) is 2.33. The molecule has 2 saturated heterocycles. The Kier molecular flexibility index (Phi) is 3.37. The molecule has 3 heterocycles. The van der Waals surface area contributed by atoms with Crippen molar-refractivity contribution in [2.75, 3.05) is 19.7 Å². The molecule has 0 spiro atoms. The lowest BCUT2D eigenvalue weighted by molar-refractivity contribution is -0.103. The van der Waals surface area contributed by atoms with E-state index in [9.17, 15) is 5.11 Å². The molecule has 21 heavy (non-hydrogen) atoms. The zero-order valence-corrected chi connectivity index (χ0v) is 12.0. The van der Waals surface area contributed by atoms with E-state index in [4.69, 9.17) is 4.74 Å². The van der Waals surface area contributed by atoms with Gasteiger partial charge in [-0.25, -0.2) is 0 Å². The van der Waals surface area contributed by atoms with Gasteiger partial charge in [0.2, 0.25) is 0 Å². The minimum atomic E-state index is -0.586. The van der Waals surface area contributed by atoms with Crippen LogP contribution in [0.25, 0.3) is 10.8 Å². The van der Waals surface area contributed by atoms with Gasteiger partial charge in [0.15, 0.2) is 0 Å². The van der Waals surface area contributed by atoms with Gasteiger partial charge >= 0.3 is 0 Å². The fraction of sp³-hybridized carbons (Fsp3) is 0.471. The molecule has 1 aromatic carbocycles. The van der Waals surface area contributed by atoms with Crippen molar-refractivity contribution in [1.29, 1.82) is 0 Å². The molecule has 4 rings (SSSR count). The highest BCUT2D eigenvalue weighted by Gasteiger charge is 2.36. The van der Waals surface area contributed by atoms with Gasteiger partial charge in [-0.15, -0.1) is 0 Å². The van der Waals surface area contributed by atoms with Crippen molar-refractivity contribution in [1.82, 2.24) is 9.88 Å². The molecule has 1 N–H and O–H groups in total. The summed E-state index contributed by atoms with van der Waals surface area (Å²) in [6, 6.07) is 8.52. The SMILES string of the molecule is OC(c1cccc2cnccc12)C1CN2CCCC2CO1. The number of pyridine rings is 1. The standard InChI is InChI=1S/C17H20N2O2/c20-17(16-10-19-8-2-4-13(19)11-21-16)15-5-1-3-12-9-18-7-6-14(12)15/h1,3,5-7,9,13,16-17,20H,2,4,8,10-11H2. The zero-order valence-electron chi connectivity index (χ0n) is 12.0. The second kappa shape index (κ2) is 5.37. The molecule has 0 aliphatic carbocycles. The Balaban J connectivity index is 1.62. The van der Waals surface area contributed by atoms with Gasteiger partial charge in [-0.3, -0.25) is 9.88 Å². The van der Waals surface area contributed by atoms with Crippen molar-refractivity contribution in [2.24, 2.45) is 0 Å². The van der Waals surface area contributed by atoms with Crippen LogP contribution < -0.4 is 0 Å². The van der Waals surface area contributed by atoms with E-state index in [1.807, 2.05) is 30.5 Å². The Morgan fingerprint density at radius 3 is 3.24 bits per heavy atom. The third-order valence-electron chi connectivity index (χ3n) is 4.80. The van der Waals surface area contributed by atoms with Crippen LogP contribution in [0.15, 0.2) is 36.7 Å². The molecule has 0 bridgehead atoms. The normalized spacial score (nSPS) is 27.7. The number of rotatable bonds is 2. The maximum atomic E-state index is 10.8. The van der Waals surface area contributed by atoms with E-state index in [1.165, 1.54) is 12.8 Å². The van der Waals surface area contributed by atoms with Gasteiger partial charge in [0, 0.05) is 30.4 Å². The van der Waals surface area contributed by atoms with Crippen molar-refractivity contribution in [3.63, 3.8) is 0 Å². The summed E-state index contributed by atoms with van der Waals surface area (Å²) in [5.74, 6) is 0. The fourth-order valence-corrected chi connectivity index (χ4v) is 3.64. The first-order valence-electron chi connectivity index (χ1n) is 7.69. The van der Waals surface area contributed by atoms with Gasteiger partial charge in [-0.2, -0.15) is 0 Å². The van der Waals surface area contributed by atoms with E-state index in [0.29, 0.717) is 6.04 Å². The molecule has 0 amide bonds. The van der Waals surface area contributed by atoms with E-state index < -0.39 is 6.10 Å². The molecule has 1 aromatic heterocycles. The third-order valence-corrected chi connectivity index (χ3v) is 4.80. The van der Waals surface area contributed by atoms with Crippen LogP contribution >= 0.6 is 0 Å². The lowest BCUT2D eigenvalue weighted by atomic mass is 9.97. The van der Waals surface area contributed by atoms with E-state index in [1.54, 1.807) is 6.20 Å². The minimum absolute atomic E-state index is 0.141. The summed E-state index contributed by atoms with van der Waals surface area (Å²) in [6.07, 6.45) is 5.36. The number of aromatic nitrogens is 1. The first-order chi connectivity index (χ1) is 10.3. The Labute approximate surface area is 124 Å². The largest absolute Gasteiger partial charge is 0.386 e. The van der Waals surface area contributed by atoms with Crippen LogP contribution in [0.4, 0.5) is 0 Å². The quantitative estimate of drug-likeness (QED) is 0.917. The summed E-state index contributed by atoms with van der Waals surface area (Å²) < 4.78 is 5.95. The number of hydrogen-bond donors (Lipinski definition) is 1. The maximum absolute atomic E-state index is 10.8. The van der Waals surface area contributed by atoms with E-state index in [2.05, 4.69) is 9.88 Å². The lowest BCUT2D eigenvalue weighted by Gasteiger charge is -2.37. The number of hydrogen-bond acceptors (Lipinski definition) is 4. The number of nitrogens with zero attached hydrogens (tertiary/aromatic N) is 2. The highest BCUT2D eigenvalue weighted by molar-refractivity contribution is 5.85. The van der Waals surface area contributed by atoms with Crippen LogP contribution in [0.3, 0.4) is 0 Å². The molecule has 0 radical (unpaired) electrons.